The summed E-state index contributed by atoms with van der Waals surface area (Å²) in [7, 11) is 6.05. The van der Waals surface area contributed by atoms with Crippen LogP contribution in [0.4, 0.5) is 0 Å². The van der Waals surface area contributed by atoms with Crippen LogP contribution in [0.3, 0.4) is 0 Å². The second kappa shape index (κ2) is 8.91. The Bertz CT molecular complexity index is 1430. The Kier molecular flexibility index (Phi) is 6.09. The molecule has 0 radical (unpaired) electrons. The molecule has 0 aliphatic heterocycles. The summed E-state index contributed by atoms with van der Waals surface area (Å²) >= 11 is 12.4. The number of hydrogen-bond acceptors (Lipinski definition) is 4. The van der Waals surface area contributed by atoms with Gasteiger partial charge in [0.15, 0.2) is 5.75 Å². The highest BCUT2D eigenvalue weighted by Gasteiger charge is 2.27. The van der Waals surface area contributed by atoms with Crippen molar-refractivity contribution in [3.63, 3.8) is 0 Å². The fourth-order valence-corrected chi connectivity index (χ4v) is 5.87. The third-order valence-corrected chi connectivity index (χ3v) is 7.65. The van der Waals surface area contributed by atoms with Crippen molar-refractivity contribution in [2.24, 2.45) is 13.0 Å². The number of hydrogen-bond donors (Lipinski definition) is 1. The van der Waals surface area contributed by atoms with E-state index in [4.69, 9.17) is 23.2 Å². The van der Waals surface area contributed by atoms with Crippen molar-refractivity contribution < 1.29 is 5.11 Å². The van der Waals surface area contributed by atoms with Crippen molar-refractivity contribution >= 4 is 45.1 Å². The molecule has 2 aromatic heterocycles. The van der Waals surface area contributed by atoms with Gasteiger partial charge in [-0.25, -0.2) is 4.79 Å². The van der Waals surface area contributed by atoms with E-state index in [0.29, 0.717) is 5.92 Å². The summed E-state index contributed by atoms with van der Waals surface area (Å²) < 4.78 is 3.69. The van der Waals surface area contributed by atoms with E-state index in [2.05, 4.69) is 24.0 Å². The molecule has 178 valence electrons. The molecular weight excluding hydrogens is 471 g/mol. The number of aryl methyl sites for hydroxylation is 1. The quantitative estimate of drug-likeness (QED) is 0.382. The maximum Gasteiger partial charge on any atom is 0.329 e. The van der Waals surface area contributed by atoms with E-state index in [-0.39, 0.29) is 27.5 Å². The normalized spacial score (nSPS) is 18.9. The number of phenols is 1. The summed E-state index contributed by atoms with van der Waals surface area (Å²) in [5.41, 5.74) is 4.26. The van der Waals surface area contributed by atoms with Crippen LogP contribution in [0, 0.1) is 5.92 Å². The highest BCUT2D eigenvalue weighted by Crippen LogP contribution is 2.39. The van der Waals surface area contributed by atoms with E-state index >= 15 is 0 Å². The Morgan fingerprint density at radius 3 is 2.38 bits per heavy atom. The van der Waals surface area contributed by atoms with Crippen LogP contribution in [0.5, 0.6) is 5.75 Å². The van der Waals surface area contributed by atoms with Gasteiger partial charge in [-0.05, 0) is 81.1 Å². The minimum absolute atomic E-state index is 0.00137. The number of aromatic hydroxyl groups is 1. The molecule has 6 nitrogen and oxygen atoms in total. The zero-order valence-corrected chi connectivity index (χ0v) is 21.1. The molecule has 1 N–H and O–H groups in total. The lowest BCUT2D eigenvalue weighted by molar-refractivity contribution is 0.224. The highest BCUT2D eigenvalue weighted by atomic mass is 35.5. The van der Waals surface area contributed by atoms with Gasteiger partial charge < -0.3 is 10.0 Å². The smallest absolute Gasteiger partial charge is 0.329 e. The van der Waals surface area contributed by atoms with E-state index < -0.39 is 0 Å². The van der Waals surface area contributed by atoms with E-state index in [0.717, 1.165) is 65.3 Å². The molecule has 0 saturated heterocycles. The number of nitrogens with zero attached hydrogens (tertiary/aromatic N) is 4. The summed E-state index contributed by atoms with van der Waals surface area (Å²) in [6.45, 7) is 1.09. The fourth-order valence-electron chi connectivity index (χ4n) is 5.38. The monoisotopic (exact) mass is 498 g/mol. The van der Waals surface area contributed by atoms with Crippen LogP contribution >= 0.6 is 23.2 Å². The van der Waals surface area contributed by atoms with Crippen LogP contribution in [0.15, 0.2) is 41.3 Å². The van der Waals surface area contributed by atoms with Crippen molar-refractivity contribution in [3.05, 3.63) is 57.1 Å². The Morgan fingerprint density at radius 1 is 1.06 bits per heavy atom. The topological polar surface area (TPSA) is 63.3 Å². The first-order valence-corrected chi connectivity index (χ1v) is 12.3. The third-order valence-electron chi connectivity index (χ3n) is 7.07. The van der Waals surface area contributed by atoms with Gasteiger partial charge >= 0.3 is 5.69 Å². The predicted octanol–water partition coefficient (Wildman–Crippen LogP) is 5.86. The van der Waals surface area contributed by atoms with Crippen LogP contribution in [0.2, 0.25) is 10.0 Å². The third kappa shape index (κ3) is 3.98. The molecule has 1 aliphatic carbocycles. The first-order chi connectivity index (χ1) is 16.2. The maximum absolute atomic E-state index is 13.4. The first kappa shape index (κ1) is 23.2. The second-order valence-electron chi connectivity index (χ2n) is 9.66. The number of phenolic OH excluding ortho intramolecular Hbond substituents is 1. The van der Waals surface area contributed by atoms with E-state index in [1.54, 1.807) is 22.9 Å². The zero-order valence-electron chi connectivity index (χ0n) is 19.6. The van der Waals surface area contributed by atoms with Gasteiger partial charge in [0.2, 0.25) is 0 Å². The minimum atomic E-state index is -0.126. The average Bonchev–Trinajstić information content (AvgIpc) is 3.07. The summed E-state index contributed by atoms with van der Waals surface area (Å²) in [6.07, 6.45) is 6.00. The molecule has 34 heavy (non-hydrogen) atoms. The Balaban J connectivity index is 1.65. The van der Waals surface area contributed by atoms with Crippen LogP contribution in [0.25, 0.3) is 33.1 Å². The lowest BCUT2D eigenvalue weighted by Gasteiger charge is -2.31. The SMILES string of the molecule is CN(C)CC1CCC(n2c(=O)n(C)c3cnc4ccc(-c5cc(Cl)c(O)c(Cl)c5)cc4c32)CC1. The molecule has 4 aromatic rings. The highest BCUT2D eigenvalue weighted by molar-refractivity contribution is 6.37. The van der Waals surface area contributed by atoms with Crippen molar-refractivity contribution in [1.29, 1.82) is 0 Å². The number of benzene rings is 2. The molecule has 0 atom stereocenters. The number of fused-ring (bicyclic) bond motifs is 3. The van der Waals surface area contributed by atoms with Crippen molar-refractivity contribution in [2.75, 3.05) is 20.6 Å². The molecule has 2 heterocycles. The first-order valence-electron chi connectivity index (χ1n) is 11.6. The van der Waals surface area contributed by atoms with Gasteiger partial charge in [0, 0.05) is 25.0 Å². The minimum Gasteiger partial charge on any atom is -0.505 e. The number of halogens is 2. The summed E-state index contributed by atoms with van der Waals surface area (Å²) in [6, 6.07) is 9.51. The van der Waals surface area contributed by atoms with Gasteiger partial charge in [-0.15, -0.1) is 0 Å². The molecule has 0 unspecified atom stereocenters. The molecule has 0 amide bonds. The summed E-state index contributed by atoms with van der Waals surface area (Å²) in [4.78, 5) is 20.3. The zero-order chi connectivity index (χ0) is 24.1. The largest absolute Gasteiger partial charge is 0.505 e. The molecular formula is C26H28Cl2N4O2. The number of rotatable bonds is 4. The van der Waals surface area contributed by atoms with Crippen molar-refractivity contribution in [1.82, 2.24) is 19.0 Å². The van der Waals surface area contributed by atoms with Gasteiger partial charge in [-0.3, -0.25) is 14.1 Å². The van der Waals surface area contributed by atoms with Crippen LogP contribution in [-0.2, 0) is 7.05 Å². The average molecular weight is 499 g/mol. The van der Waals surface area contributed by atoms with Gasteiger partial charge in [-0.2, -0.15) is 0 Å². The lowest BCUT2D eigenvalue weighted by atomic mass is 9.85. The van der Waals surface area contributed by atoms with Crippen LogP contribution < -0.4 is 5.69 Å². The van der Waals surface area contributed by atoms with Crippen molar-refractivity contribution in [2.45, 2.75) is 31.7 Å². The Hall–Kier alpha value is -2.54. The number of imidazole rings is 1. The van der Waals surface area contributed by atoms with Crippen LogP contribution in [0.1, 0.15) is 31.7 Å². The predicted molar refractivity (Wildman–Crippen MR) is 139 cm³/mol. The lowest BCUT2D eigenvalue weighted by Crippen LogP contribution is -2.31. The molecule has 8 heteroatoms. The van der Waals surface area contributed by atoms with Crippen molar-refractivity contribution in [3.8, 4) is 16.9 Å². The van der Waals surface area contributed by atoms with E-state index in [9.17, 15) is 9.90 Å². The van der Waals surface area contributed by atoms with E-state index in [1.165, 1.54) is 0 Å². The van der Waals surface area contributed by atoms with E-state index in [1.807, 2.05) is 29.8 Å². The summed E-state index contributed by atoms with van der Waals surface area (Å²) in [5, 5.41) is 11.3. The molecule has 1 saturated carbocycles. The molecule has 2 aromatic carbocycles. The Labute approximate surface area is 208 Å². The number of pyridine rings is 1. The molecule has 0 spiro atoms. The molecule has 0 bridgehead atoms. The van der Waals surface area contributed by atoms with Crippen LogP contribution in [-0.4, -0.2) is 44.8 Å². The molecule has 5 rings (SSSR count). The number of aromatic nitrogens is 3. The van der Waals surface area contributed by atoms with Gasteiger partial charge in [-0.1, -0.05) is 29.3 Å². The second-order valence-corrected chi connectivity index (χ2v) is 10.5. The van der Waals surface area contributed by atoms with Gasteiger partial charge in [0.1, 0.15) is 0 Å². The fraction of sp³-hybridized carbons (Fsp3) is 0.385. The molecule has 1 aliphatic rings. The van der Waals surface area contributed by atoms with Gasteiger partial charge in [0.05, 0.1) is 32.8 Å². The van der Waals surface area contributed by atoms with Gasteiger partial charge in [0.25, 0.3) is 0 Å². The molecule has 1 fully saturated rings. The standard InChI is InChI=1S/C26H28Cl2N4O2/c1-30(2)14-15-4-7-18(8-5-15)32-24-19-10-16(17-11-20(27)25(33)21(28)12-17)6-9-22(19)29-13-23(24)31(3)26(32)34/h6,9-13,15,18,33H,4-5,7-8,14H2,1-3H3. The Morgan fingerprint density at radius 2 is 1.74 bits per heavy atom. The maximum atomic E-state index is 13.4. The summed E-state index contributed by atoms with van der Waals surface area (Å²) in [5.74, 6) is 0.546.